The number of nitrogens with one attached hydrogen (secondary N) is 1. The molecule has 0 saturated heterocycles. The van der Waals surface area contributed by atoms with Gasteiger partial charge in [-0.15, -0.1) is 23.7 Å². The van der Waals surface area contributed by atoms with Gasteiger partial charge in [-0.3, -0.25) is 19.0 Å². The average molecular weight is 486 g/mol. The molecule has 0 spiro atoms. The second-order valence-electron chi connectivity index (χ2n) is 7.26. The number of para-hydroxylation sites is 1. The normalized spacial score (nSPS) is 10.7. The number of thiophene rings is 1. The summed E-state index contributed by atoms with van der Waals surface area (Å²) in [5, 5.41) is 3.91. The van der Waals surface area contributed by atoms with E-state index in [-0.39, 0.29) is 42.0 Å². The van der Waals surface area contributed by atoms with Crippen LogP contribution in [0.4, 0.5) is 0 Å². The Morgan fingerprint density at radius 2 is 1.79 bits per heavy atom. The number of benzene rings is 2. The van der Waals surface area contributed by atoms with Crippen molar-refractivity contribution in [2.24, 2.45) is 5.73 Å². The van der Waals surface area contributed by atoms with Crippen molar-refractivity contribution in [3.05, 3.63) is 75.4 Å². The van der Waals surface area contributed by atoms with Gasteiger partial charge in [0, 0.05) is 17.5 Å². The second-order valence-corrected chi connectivity index (χ2v) is 8.28. The van der Waals surface area contributed by atoms with Crippen LogP contribution in [0.1, 0.15) is 26.5 Å². The molecule has 0 aliphatic rings. The molecule has 1 amide bonds. The number of amides is 1. The number of ether oxygens (including phenoxy) is 1. The van der Waals surface area contributed by atoms with Crippen molar-refractivity contribution in [1.29, 1.82) is 0 Å². The number of aromatic nitrogens is 1. The van der Waals surface area contributed by atoms with Gasteiger partial charge in [0.25, 0.3) is 11.5 Å². The predicted molar refractivity (Wildman–Crippen MR) is 134 cm³/mol. The highest BCUT2D eigenvalue weighted by Crippen LogP contribution is 2.39. The summed E-state index contributed by atoms with van der Waals surface area (Å²) in [6.45, 7) is 0.786. The molecule has 3 N–H and O–H groups in total. The predicted octanol–water partition coefficient (Wildman–Crippen LogP) is 3.61. The highest BCUT2D eigenvalue weighted by Gasteiger charge is 2.25. The summed E-state index contributed by atoms with van der Waals surface area (Å²) in [5.74, 6) is -0.259. The van der Waals surface area contributed by atoms with E-state index in [0.717, 1.165) is 5.39 Å². The Labute approximate surface area is 200 Å². The van der Waals surface area contributed by atoms with Gasteiger partial charge in [-0.05, 0) is 19.0 Å². The molecule has 0 atom stereocenters. The maximum atomic E-state index is 13.6. The Balaban J connectivity index is 0.00000306. The maximum absolute atomic E-state index is 13.6. The van der Waals surface area contributed by atoms with Crippen molar-refractivity contribution >= 4 is 56.4 Å². The van der Waals surface area contributed by atoms with Gasteiger partial charge in [0.2, 0.25) is 0 Å². The van der Waals surface area contributed by atoms with Crippen molar-refractivity contribution in [2.75, 3.05) is 20.2 Å². The smallest absolute Gasteiger partial charge is 0.265 e. The van der Waals surface area contributed by atoms with E-state index < -0.39 is 0 Å². The Morgan fingerprint density at radius 1 is 1.09 bits per heavy atom. The van der Waals surface area contributed by atoms with E-state index >= 15 is 0 Å². The van der Waals surface area contributed by atoms with Gasteiger partial charge < -0.3 is 15.8 Å². The van der Waals surface area contributed by atoms with Crippen LogP contribution in [0.25, 0.3) is 21.0 Å². The van der Waals surface area contributed by atoms with Crippen molar-refractivity contribution in [3.8, 4) is 5.75 Å². The van der Waals surface area contributed by atoms with Gasteiger partial charge in [0.1, 0.15) is 10.3 Å². The molecule has 4 aromatic rings. The summed E-state index contributed by atoms with van der Waals surface area (Å²) >= 11 is 1.22. The summed E-state index contributed by atoms with van der Waals surface area (Å²) in [5.41, 5.74) is 6.30. The van der Waals surface area contributed by atoms with Crippen LogP contribution in [0.5, 0.6) is 5.75 Å². The average Bonchev–Trinajstić information content (AvgIpc) is 3.22. The van der Waals surface area contributed by atoms with E-state index in [1.165, 1.54) is 23.0 Å². The molecule has 0 radical (unpaired) electrons. The van der Waals surface area contributed by atoms with Crippen LogP contribution in [0.15, 0.2) is 59.4 Å². The molecule has 2 heterocycles. The number of carbonyl (C=O) groups is 2. The lowest BCUT2D eigenvalue weighted by molar-refractivity contribution is 0.0951. The minimum Gasteiger partial charge on any atom is -0.494 e. The molecule has 0 fully saturated rings. The quantitative estimate of drug-likeness (QED) is 0.293. The van der Waals surface area contributed by atoms with E-state index in [1.54, 1.807) is 24.3 Å². The molecule has 0 aliphatic heterocycles. The van der Waals surface area contributed by atoms with E-state index in [4.69, 9.17) is 10.5 Å². The summed E-state index contributed by atoms with van der Waals surface area (Å²) < 4.78 is 7.65. The van der Waals surface area contributed by atoms with Crippen LogP contribution < -0.4 is 21.3 Å². The number of halogens is 1. The van der Waals surface area contributed by atoms with Crippen LogP contribution in [0.3, 0.4) is 0 Å². The standard InChI is InChI=1S/C24H23N3O4S.ClH/c1-31-20-19-21(32-22(20)23(29)26-13-7-12-25)16-10-5-6-11-17(16)27(24(19)30)14-18(28)15-8-3-2-4-9-15;/h2-6,8-11H,7,12-14,25H2,1H3,(H,26,29);1H. The number of pyridine rings is 1. The van der Waals surface area contributed by atoms with E-state index in [1.807, 2.05) is 30.3 Å². The lowest BCUT2D eigenvalue weighted by atomic mass is 10.1. The highest BCUT2D eigenvalue weighted by atomic mass is 35.5. The van der Waals surface area contributed by atoms with E-state index in [9.17, 15) is 14.4 Å². The topological polar surface area (TPSA) is 103 Å². The fraction of sp³-hybridized carbons (Fsp3) is 0.208. The van der Waals surface area contributed by atoms with Crippen LogP contribution in [0, 0.1) is 0 Å². The maximum Gasteiger partial charge on any atom is 0.265 e. The minimum atomic E-state index is -0.364. The molecule has 33 heavy (non-hydrogen) atoms. The van der Waals surface area contributed by atoms with Gasteiger partial charge in [-0.1, -0.05) is 48.5 Å². The number of Topliss-reactive ketones (excluding diaryl/α,β-unsaturated/α-hetero) is 1. The van der Waals surface area contributed by atoms with Gasteiger partial charge in [-0.25, -0.2) is 0 Å². The Morgan fingerprint density at radius 3 is 2.48 bits per heavy atom. The first-order chi connectivity index (χ1) is 15.6. The second kappa shape index (κ2) is 10.6. The van der Waals surface area contributed by atoms with Gasteiger partial charge in [-0.2, -0.15) is 0 Å². The molecule has 172 valence electrons. The number of nitrogens with two attached hydrogens (primary N) is 1. The zero-order valence-corrected chi connectivity index (χ0v) is 19.6. The van der Waals surface area contributed by atoms with E-state index in [2.05, 4.69) is 5.32 Å². The van der Waals surface area contributed by atoms with Crippen LogP contribution in [-0.2, 0) is 6.54 Å². The molecular weight excluding hydrogens is 462 g/mol. The first-order valence-corrected chi connectivity index (χ1v) is 11.1. The molecule has 0 bridgehead atoms. The molecule has 4 rings (SSSR count). The van der Waals surface area contributed by atoms with Crippen molar-refractivity contribution in [1.82, 2.24) is 9.88 Å². The van der Waals surface area contributed by atoms with Crippen LogP contribution in [-0.4, -0.2) is 36.5 Å². The first-order valence-electron chi connectivity index (χ1n) is 10.2. The zero-order chi connectivity index (χ0) is 22.7. The van der Waals surface area contributed by atoms with Crippen molar-refractivity contribution in [3.63, 3.8) is 0 Å². The Kier molecular flexibility index (Phi) is 7.86. The number of nitrogens with zero attached hydrogens (tertiary/aromatic N) is 1. The summed E-state index contributed by atoms with van der Waals surface area (Å²) in [6.07, 6.45) is 0.649. The largest absolute Gasteiger partial charge is 0.494 e. The zero-order valence-electron chi connectivity index (χ0n) is 18.0. The first kappa shape index (κ1) is 24.4. The van der Waals surface area contributed by atoms with Gasteiger partial charge >= 0.3 is 0 Å². The lowest BCUT2D eigenvalue weighted by Gasteiger charge is -2.11. The molecule has 0 unspecified atom stereocenters. The molecule has 2 aromatic carbocycles. The number of methoxy groups -OCH3 is 1. The third-order valence-corrected chi connectivity index (χ3v) is 6.44. The van der Waals surface area contributed by atoms with Gasteiger partial charge in [0.05, 0.1) is 23.9 Å². The Bertz CT molecular complexity index is 1370. The monoisotopic (exact) mass is 485 g/mol. The molecule has 9 heteroatoms. The number of hydrogen-bond donors (Lipinski definition) is 2. The number of ketones is 1. The van der Waals surface area contributed by atoms with Crippen molar-refractivity contribution in [2.45, 2.75) is 13.0 Å². The molecular formula is C24H24ClN3O4S. The minimum absolute atomic E-state index is 0. The fourth-order valence-corrected chi connectivity index (χ4v) is 4.90. The van der Waals surface area contributed by atoms with Gasteiger partial charge in [0.15, 0.2) is 11.5 Å². The molecule has 2 aromatic heterocycles. The highest BCUT2D eigenvalue weighted by molar-refractivity contribution is 7.22. The number of carbonyl (C=O) groups excluding carboxylic acids is 2. The summed E-state index contributed by atoms with van der Waals surface area (Å²) in [4.78, 5) is 39.6. The lowest BCUT2D eigenvalue weighted by Crippen LogP contribution is -2.26. The summed E-state index contributed by atoms with van der Waals surface area (Å²) in [6, 6.07) is 16.2. The Hall–Kier alpha value is -3.20. The molecule has 0 aliphatic carbocycles. The van der Waals surface area contributed by atoms with Crippen LogP contribution >= 0.6 is 23.7 Å². The third-order valence-electron chi connectivity index (χ3n) is 5.24. The van der Waals surface area contributed by atoms with Crippen molar-refractivity contribution < 1.29 is 14.3 Å². The number of rotatable bonds is 8. The number of fused-ring (bicyclic) bond motifs is 3. The molecule has 7 nitrogen and oxygen atoms in total. The molecule has 0 saturated carbocycles. The fourth-order valence-electron chi connectivity index (χ4n) is 3.69. The third kappa shape index (κ3) is 4.64. The van der Waals surface area contributed by atoms with Crippen LogP contribution in [0.2, 0.25) is 0 Å². The van der Waals surface area contributed by atoms with E-state index in [0.29, 0.717) is 45.6 Å². The summed E-state index contributed by atoms with van der Waals surface area (Å²) in [7, 11) is 1.44. The SMILES string of the molecule is COc1c(C(=O)NCCCN)sc2c1c(=O)n(CC(=O)c1ccccc1)c1ccccc21.Cl. The number of hydrogen-bond acceptors (Lipinski definition) is 6.